The number of amides is 1. The molecule has 0 saturated carbocycles. The van der Waals surface area contributed by atoms with E-state index in [1.54, 1.807) is 42.5 Å². The van der Waals surface area contributed by atoms with Crippen molar-refractivity contribution in [3.05, 3.63) is 89.1 Å². The summed E-state index contributed by atoms with van der Waals surface area (Å²) >= 11 is 0. The molecule has 0 aliphatic heterocycles. The summed E-state index contributed by atoms with van der Waals surface area (Å²) in [6.07, 6.45) is -3.41. The lowest BCUT2D eigenvalue weighted by Crippen LogP contribution is -2.51. The molecule has 0 aliphatic rings. The lowest BCUT2D eigenvalue weighted by atomic mass is 9.85. The van der Waals surface area contributed by atoms with Crippen molar-refractivity contribution in [1.82, 2.24) is 10.3 Å². The SMILES string of the molecule is CC(NC(=O)C(C)(C)Oc1ccc(C(F)(F)F)cn1)C(Cc1ccc(OCF)cc1)c1cccc(C#N)c1. The Morgan fingerprint density at radius 2 is 1.82 bits per heavy atom. The van der Waals surface area contributed by atoms with Gasteiger partial charge in [0, 0.05) is 24.2 Å². The van der Waals surface area contributed by atoms with Gasteiger partial charge in [0.05, 0.1) is 17.2 Å². The number of nitrogens with one attached hydrogen (secondary N) is 1. The third-order valence-electron chi connectivity index (χ3n) is 5.98. The first-order chi connectivity index (χ1) is 17.9. The van der Waals surface area contributed by atoms with Gasteiger partial charge < -0.3 is 14.8 Å². The highest BCUT2D eigenvalue weighted by Gasteiger charge is 2.34. The van der Waals surface area contributed by atoms with E-state index in [1.165, 1.54) is 13.8 Å². The number of nitrogens with zero attached hydrogens (tertiary/aromatic N) is 2. The smallest absolute Gasteiger partial charge is 0.417 e. The van der Waals surface area contributed by atoms with Crippen LogP contribution >= 0.6 is 0 Å². The topological polar surface area (TPSA) is 84.2 Å². The zero-order valence-corrected chi connectivity index (χ0v) is 21.1. The van der Waals surface area contributed by atoms with Gasteiger partial charge in [-0.25, -0.2) is 9.37 Å². The third kappa shape index (κ3) is 7.44. The normalized spacial score (nSPS) is 13.2. The highest BCUT2D eigenvalue weighted by molar-refractivity contribution is 5.85. The molecule has 2 unspecified atom stereocenters. The Morgan fingerprint density at radius 3 is 2.39 bits per heavy atom. The molecule has 0 bridgehead atoms. The van der Waals surface area contributed by atoms with Gasteiger partial charge in [-0.15, -0.1) is 0 Å². The molecule has 0 saturated heterocycles. The number of carbonyl (C=O) groups is 1. The predicted octanol–water partition coefficient (Wildman–Crippen LogP) is 5.97. The number of halogens is 4. The van der Waals surface area contributed by atoms with Gasteiger partial charge >= 0.3 is 6.18 Å². The van der Waals surface area contributed by atoms with Crippen LogP contribution in [-0.2, 0) is 17.4 Å². The van der Waals surface area contributed by atoms with Gasteiger partial charge in [0.25, 0.3) is 5.91 Å². The molecule has 1 N–H and O–H groups in total. The standard InChI is InChI=1S/C28H27F4N3O3/c1-18(35-26(36)27(2,3)38-25-12-9-22(16-34-25)28(30,31)32)24(21-6-4-5-20(13-21)15-33)14-19-7-10-23(11-8-19)37-17-29/h4-13,16,18,24H,14,17H2,1-3H3,(H,35,36). The Labute approximate surface area is 218 Å². The van der Waals surface area contributed by atoms with E-state index < -0.39 is 36.2 Å². The number of benzene rings is 2. The van der Waals surface area contributed by atoms with Crippen LogP contribution in [0.3, 0.4) is 0 Å². The third-order valence-corrected chi connectivity index (χ3v) is 5.98. The second kappa shape index (κ2) is 11.9. The fourth-order valence-corrected chi connectivity index (χ4v) is 3.86. The van der Waals surface area contributed by atoms with Crippen molar-refractivity contribution in [3.63, 3.8) is 0 Å². The molecule has 1 amide bonds. The maximum atomic E-state index is 13.2. The van der Waals surface area contributed by atoms with E-state index in [0.29, 0.717) is 23.9 Å². The van der Waals surface area contributed by atoms with Crippen LogP contribution in [-0.4, -0.2) is 29.4 Å². The summed E-state index contributed by atoms with van der Waals surface area (Å²) in [5.74, 6) is -0.504. The Balaban J connectivity index is 1.79. The van der Waals surface area contributed by atoms with Crippen molar-refractivity contribution in [2.45, 2.75) is 50.9 Å². The summed E-state index contributed by atoms with van der Waals surface area (Å²) in [6, 6.07) is 17.5. The predicted molar refractivity (Wildman–Crippen MR) is 132 cm³/mol. The summed E-state index contributed by atoms with van der Waals surface area (Å²) < 4.78 is 61.4. The number of alkyl halides is 4. The van der Waals surface area contributed by atoms with Crippen molar-refractivity contribution in [1.29, 1.82) is 5.26 Å². The number of carbonyl (C=O) groups excluding carboxylic acids is 1. The van der Waals surface area contributed by atoms with E-state index in [9.17, 15) is 27.6 Å². The maximum absolute atomic E-state index is 13.2. The van der Waals surface area contributed by atoms with Crippen LogP contribution in [0.1, 0.15) is 48.9 Å². The van der Waals surface area contributed by atoms with E-state index in [0.717, 1.165) is 23.3 Å². The van der Waals surface area contributed by atoms with Gasteiger partial charge in [0.15, 0.2) is 5.60 Å². The number of hydrogen-bond donors (Lipinski definition) is 1. The molecule has 2 atom stereocenters. The van der Waals surface area contributed by atoms with Crippen molar-refractivity contribution in [2.24, 2.45) is 0 Å². The molecule has 38 heavy (non-hydrogen) atoms. The minimum absolute atomic E-state index is 0.125. The minimum Gasteiger partial charge on any atom is -0.463 e. The monoisotopic (exact) mass is 529 g/mol. The molecule has 200 valence electrons. The Bertz CT molecular complexity index is 1270. The van der Waals surface area contributed by atoms with Gasteiger partial charge in [-0.3, -0.25) is 4.79 Å². The minimum atomic E-state index is -4.54. The molecule has 2 aromatic carbocycles. The van der Waals surface area contributed by atoms with Crippen LogP contribution in [0, 0.1) is 11.3 Å². The quantitative estimate of drug-likeness (QED) is 0.328. The summed E-state index contributed by atoms with van der Waals surface area (Å²) in [5.41, 5.74) is -0.189. The average Bonchev–Trinajstić information content (AvgIpc) is 2.88. The highest BCUT2D eigenvalue weighted by Crippen LogP contribution is 2.30. The van der Waals surface area contributed by atoms with Gasteiger partial charge in [0.2, 0.25) is 12.7 Å². The van der Waals surface area contributed by atoms with Crippen LogP contribution in [0.25, 0.3) is 0 Å². The van der Waals surface area contributed by atoms with Gasteiger partial charge in [-0.2, -0.15) is 18.4 Å². The lowest BCUT2D eigenvalue weighted by molar-refractivity contribution is -0.138. The van der Waals surface area contributed by atoms with Crippen LogP contribution in [0.15, 0.2) is 66.9 Å². The second-order valence-corrected chi connectivity index (χ2v) is 9.20. The van der Waals surface area contributed by atoms with Crippen molar-refractivity contribution in [3.8, 4) is 17.7 Å². The molecular formula is C28H27F4N3O3. The van der Waals surface area contributed by atoms with Crippen molar-refractivity contribution >= 4 is 5.91 Å². The van der Waals surface area contributed by atoms with E-state index in [-0.39, 0.29) is 11.8 Å². The Hall–Kier alpha value is -4.13. The Morgan fingerprint density at radius 1 is 1.11 bits per heavy atom. The van der Waals surface area contributed by atoms with E-state index in [2.05, 4.69) is 16.4 Å². The lowest BCUT2D eigenvalue weighted by Gasteiger charge is -2.30. The molecule has 0 aliphatic carbocycles. The number of rotatable bonds is 10. The zero-order chi connectivity index (χ0) is 27.9. The van der Waals surface area contributed by atoms with E-state index in [1.807, 2.05) is 13.0 Å². The number of hydrogen-bond acceptors (Lipinski definition) is 5. The second-order valence-electron chi connectivity index (χ2n) is 9.20. The molecule has 3 rings (SSSR count). The molecule has 6 nitrogen and oxygen atoms in total. The number of nitriles is 1. The number of ether oxygens (including phenoxy) is 2. The fraction of sp³-hybridized carbons (Fsp3) is 0.321. The largest absolute Gasteiger partial charge is 0.463 e. The van der Waals surface area contributed by atoms with Crippen LogP contribution in [0.4, 0.5) is 17.6 Å². The van der Waals surface area contributed by atoms with Gasteiger partial charge in [0.1, 0.15) is 5.75 Å². The van der Waals surface area contributed by atoms with E-state index in [4.69, 9.17) is 9.47 Å². The molecule has 3 aromatic rings. The van der Waals surface area contributed by atoms with Crippen LogP contribution in [0.2, 0.25) is 0 Å². The van der Waals surface area contributed by atoms with Crippen LogP contribution in [0.5, 0.6) is 11.6 Å². The maximum Gasteiger partial charge on any atom is 0.417 e. The Kier molecular flexibility index (Phi) is 8.94. The average molecular weight is 530 g/mol. The summed E-state index contributed by atoms with van der Waals surface area (Å²) in [7, 11) is 0. The van der Waals surface area contributed by atoms with E-state index >= 15 is 0 Å². The van der Waals surface area contributed by atoms with Gasteiger partial charge in [-0.1, -0.05) is 24.3 Å². The molecule has 1 heterocycles. The summed E-state index contributed by atoms with van der Waals surface area (Å²) in [6.45, 7) is 3.85. The van der Waals surface area contributed by atoms with Crippen LogP contribution < -0.4 is 14.8 Å². The molecule has 0 spiro atoms. The fourth-order valence-electron chi connectivity index (χ4n) is 3.86. The molecule has 1 aromatic heterocycles. The summed E-state index contributed by atoms with van der Waals surface area (Å²) in [5, 5.41) is 12.3. The highest BCUT2D eigenvalue weighted by atomic mass is 19.4. The molecule has 10 heteroatoms. The molecular weight excluding hydrogens is 502 g/mol. The van der Waals surface area contributed by atoms with Gasteiger partial charge in [-0.05, 0) is 68.7 Å². The summed E-state index contributed by atoms with van der Waals surface area (Å²) in [4.78, 5) is 16.9. The first-order valence-electron chi connectivity index (χ1n) is 11.7. The van der Waals surface area contributed by atoms with Crippen molar-refractivity contribution < 1.29 is 31.8 Å². The number of aromatic nitrogens is 1. The first-order valence-corrected chi connectivity index (χ1v) is 11.7. The van der Waals surface area contributed by atoms with Crippen molar-refractivity contribution in [2.75, 3.05) is 6.86 Å². The zero-order valence-electron chi connectivity index (χ0n) is 21.1. The number of pyridine rings is 1. The first kappa shape index (κ1) is 28.4. The molecule has 0 radical (unpaired) electrons. The molecule has 0 fully saturated rings.